The molecule has 2 heterocycles. The molecule has 136 valence electrons. The first-order valence-corrected chi connectivity index (χ1v) is 8.26. The average Bonchev–Trinajstić information content (AvgIpc) is 3.18. The quantitative estimate of drug-likeness (QED) is 0.615. The van der Waals surface area contributed by atoms with Crippen LogP contribution in [-0.4, -0.2) is 22.3 Å². The maximum Gasteiger partial charge on any atom is 0.338 e. The number of aromatic nitrogens is 2. The topological polar surface area (TPSA) is 87.6 Å². The number of carbonyl (C=O) groups is 1. The summed E-state index contributed by atoms with van der Waals surface area (Å²) in [5, 5.41) is 7.87. The lowest BCUT2D eigenvalue weighted by atomic mass is 10.2. The number of hydrogen-bond acceptors (Lipinski definition) is 7. The van der Waals surface area contributed by atoms with Crippen molar-refractivity contribution in [3.63, 3.8) is 0 Å². The number of aryl methyl sites for hydroxylation is 2. The van der Waals surface area contributed by atoms with E-state index >= 15 is 0 Å². The van der Waals surface area contributed by atoms with Crippen LogP contribution in [0.4, 0.5) is 0 Å². The Hall–Kier alpha value is -3.09. The van der Waals surface area contributed by atoms with Gasteiger partial charge in [-0.25, -0.2) is 4.79 Å². The van der Waals surface area contributed by atoms with Crippen LogP contribution in [0.25, 0.3) is 11.5 Å². The lowest BCUT2D eigenvalue weighted by Gasteiger charge is -2.09. The van der Waals surface area contributed by atoms with Crippen LogP contribution in [-0.2, 0) is 11.3 Å². The van der Waals surface area contributed by atoms with Gasteiger partial charge >= 0.3 is 5.97 Å². The summed E-state index contributed by atoms with van der Waals surface area (Å²) in [7, 11) is 0. The van der Waals surface area contributed by atoms with Crippen molar-refractivity contribution >= 4 is 5.97 Å². The molecule has 0 unspecified atom stereocenters. The Bertz CT molecular complexity index is 893. The molecule has 0 saturated carbocycles. The number of hydrogen-bond donors (Lipinski definition) is 0. The van der Waals surface area contributed by atoms with Gasteiger partial charge in [-0.15, -0.1) is 10.2 Å². The highest BCUT2D eigenvalue weighted by molar-refractivity contribution is 5.89. The van der Waals surface area contributed by atoms with E-state index in [1.165, 1.54) is 0 Å². The Morgan fingerprint density at radius 1 is 1.12 bits per heavy atom. The molecule has 0 aliphatic heterocycles. The van der Waals surface area contributed by atoms with Crippen molar-refractivity contribution in [3.05, 3.63) is 53.3 Å². The molecular formula is C19H20N2O5. The van der Waals surface area contributed by atoms with Gasteiger partial charge in [-0.3, -0.25) is 0 Å². The van der Waals surface area contributed by atoms with Crippen LogP contribution in [0.2, 0.25) is 0 Å². The summed E-state index contributed by atoms with van der Waals surface area (Å²) < 4.78 is 21.7. The number of carbonyl (C=O) groups excluding carboxylic acids is 1. The van der Waals surface area contributed by atoms with Crippen LogP contribution < -0.4 is 4.74 Å². The largest absolute Gasteiger partial charge is 0.491 e. The van der Waals surface area contributed by atoms with Crippen molar-refractivity contribution in [2.45, 2.75) is 40.4 Å². The van der Waals surface area contributed by atoms with Crippen molar-refractivity contribution in [2.24, 2.45) is 0 Å². The predicted octanol–water partition coefficient (Wildman–Crippen LogP) is 4.09. The number of esters is 1. The maximum atomic E-state index is 12.1. The Kier molecular flexibility index (Phi) is 5.06. The lowest BCUT2D eigenvalue weighted by Crippen LogP contribution is -2.07. The fraction of sp³-hybridized carbons (Fsp3) is 0.316. The zero-order valence-corrected chi connectivity index (χ0v) is 15.1. The molecule has 0 N–H and O–H groups in total. The average molecular weight is 356 g/mol. The van der Waals surface area contributed by atoms with Gasteiger partial charge in [0, 0.05) is 0 Å². The number of nitrogens with zero attached hydrogens (tertiary/aromatic N) is 2. The molecule has 2 aromatic heterocycles. The zero-order valence-electron chi connectivity index (χ0n) is 15.1. The number of benzene rings is 1. The van der Waals surface area contributed by atoms with E-state index in [4.69, 9.17) is 18.3 Å². The Balaban J connectivity index is 1.60. The van der Waals surface area contributed by atoms with Crippen molar-refractivity contribution in [2.75, 3.05) is 0 Å². The second-order valence-corrected chi connectivity index (χ2v) is 6.09. The normalized spacial score (nSPS) is 11.0. The fourth-order valence-electron chi connectivity index (χ4n) is 2.42. The molecule has 0 radical (unpaired) electrons. The van der Waals surface area contributed by atoms with E-state index in [2.05, 4.69) is 10.2 Å². The minimum absolute atomic E-state index is 0.0715. The molecule has 7 nitrogen and oxygen atoms in total. The Morgan fingerprint density at radius 3 is 2.46 bits per heavy atom. The molecule has 0 aliphatic rings. The second kappa shape index (κ2) is 7.43. The first kappa shape index (κ1) is 17.7. The summed E-state index contributed by atoms with van der Waals surface area (Å²) in [6.07, 6.45) is 0.0715. The molecule has 3 aromatic rings. The molecule has 7 heteroatoms. The number of furan rings is 1. The van der Waals surface area contributed by atoms with E-state index in [0.29, 0.717) is 23.0 Å². The van der Waals surface area contributed by atoms with E-state index < -0.39 is 5.97 Å². The minimum atomic E-state index is -0.476. The zero-order chi connectivity index (χ0) is 18.7. The SMILES string of the molecule is Cc1cc(-c2nnc(COC(=O)c3ccc(OC(C)C)cc3)o2)c(C)o1. The smallest absolute Gasteiger partial charge is 0.338 e. The second-order valence-electron chi connectivity index (χ2n) is 6.09. The van der Waals surface area contributed by atoms with Gasteiger partial charge in [-0.05, 0) is 58.0 Å². The van der Waals surface area contributed by atoms with E-state index in [9.17, 15) is 4.79 Å². The highest BCUT2D eigenvalue weighted by Crippen LogP contribution is 2.25. The summed E-state index contributed by atoms with van der Waals surface area (Å²) in [4.78, 5) is 12.1. The van der Waals surface area contributed by atoms with Crippen molar-refractivity contribution in [1.29, 1.82) is 0 Å². The summed E-state index contributed by atoms with van der Waals surface area (Å²) in [6.45, 7) is 7.43. The minimum Gasteiger partial charge on any atom is -0.491 e. The molecule has 0 amide bonds. The predicted molar refractivity (Wildman–Crippen MR) is 92.8 cm³/mol. The molecular weight excluding hydrogens is 336 g/mol. The third kappa shape index (κ3) is 4.11. The van der Waals surface area contributed by atoms with E-state index in [-0.39, 0.29) is 18.6 Å². The monoisotopic (exact) mass is 356 g/mol. The van der Waals surface area contributed by atoms with Gasteiger partial charge in [0.05, 0.1) is 17.2 Å². The van der Waals surface area contributed by atoms with Gasteiger partial charge in [-0.1, -0.05) is 0 Å². The van der Waals surface area contributed by atoms with Gasteiger partial charge in [0.25, 0.3) is 11.8 Å². The molecule has 1 aromatic carbocycles. The fourth-order valence-corrected chi connectivity index (χ4v) is 2.42. The van der Waals surface area contributed by atoms with Crippen LogP contribution >= 0.6 is 0 Å². The van der Waals surface area contributed by atoms with Gasteiger partial charge in [-0.2, -0.15) is 0 Å². The van der Waals surface area contributed by atoms with Crippen molar-refractivity contribution in [3.8, 4) is 17.2 Å². The highest BCUT2D eigenvalue weighted by Gasteiger charge is 2.16. The summed E-state index contributed by atoms with van der Waals surface area (Å²) >= 11 is 0. The lowest BCUT2D eigenvalue weighted by molar-refractivity contribution is 0.0438. The van der Waals surface area contributed by atoms with Crippen LogP contribution in [0.15, 0.2) is 39.2 Å². The Labute approximate surface area is 150 Å². The first-order valence-electron chi connectivity index (χ1n) is 8.26. The molecule has 0 fully saturated rings. The summed E-state index contributed by atoms with van der Waals surface area (Å²) in [6, 6.07) is 8.57. The maximum absolute atomic E-state index is 12.1. The third-order valence-electron chi connectivity index (χ3n) is 3.53. The molecule has 0 aliphatic carbocycles. The van der Waals surface area contributed by atoms with Crippen molar-refractivity contribution in [1.82, 2.24) is 10.2 Å². The highest BCUT2D eigenvalue weighted by atomic mass is 16.5. The van der Waals surface area contributed by atoms with E-state index in [1.54, 1.807) is 24.3 Å². The van der Waals surface area contributed by atoms with Crippen LogP contribution in [0, 0.1) is 13.8 Å². The van der Waals surface area contributed by atoms with Crippen LogP contribution in [0.3, 0.4) is 0 Å². The molecule has 26 heavy (non-hydrogen) atoms. The van der Waals surface area contributed by atoms with Crippen molar-refractivity contribution < 1.29 is 23.1 Å². The molecule has 0 spiro atoms. The van der Waals surface area contributed by atoms with E-state index in [0.717, 1.165) is 11.3 Å². The third-order valence-corrected chi connectivity index (χ3v) is 3.53. The Morgan fingerprint density at radius 2 is 1.85 bits per heavy atom. The first-order chi connectivity index (χ1) is 12.4. The van der Waals surface area contributed by atoms with Gasteiger partial charge in [0.2, 0.25) is 0 Å². The molecule has 0 saturated heterocycles. The standard InChI is InChI=1S/C19H20N2O5/c1-11(2)24-15-7-5-14(6-8-15)19(22)23-10-17-20-21-18(26-17)16-9-12(3)25-13(16)4/h5-9,11H,10H2,1-4H3. The van der Waals surface area contributed by atoms with Crippen LogP contribution in [0.5, 0.6) is 5.75 Å². The molecule has 0 atom stereocenters. The molecule has 0 bridgehead atoms. The van der Waals surface area contributed by atoms with Gasteiger partial charge in [0.1, 0.15) is 17.3 Å². The summed E-state index contributed by atoms with van der Waals surface area (Å²) in [5.41, 5.74) is 1.15. The van der Waals surface area contributed by atoms with Gasteiger partial charge in [0.15, 0.2) is 6.61 Å². The van der Waals surface area contributed by atoms with E-state index in [1.807, 2.05) is 33.8 Å². The summed E-state index contributed by atoms with van der Waals surface area (Å²) in [5.74, 6) is 2.22. The van der Waals surface area contributed by atoms with Crippen LogP contribution in [0.1, 0.15) is 41.6 Å². The number of rotatable bonds is 6. The molecule has 3 rings (SSSR count). The van der Waals surface area contributed by atoms with Gasteiger partial charge < -0.3 is 18.3 Å². The number of ether oxygens (including phenoxy) is 2.